The molecule has 4 rings (SSSR count). The summed E-state index contributed by atoms with van der Waals surface area (Å²) in [5.74, 6) is 0.572. The van der Waals surface area contributed by atoms with E-state index in [0.29, 0.717) is 22.6 Å². The Balaban J connectivity index is 1.79. The van der Waals surface area contributed by atoms with Crippen molar-refractivity contribution in [2.45, 2.75) is 13.8 Å². The summed E-state index contributed by atoms with van der Waals surface area (Å²) in [7, 11) is 3.22. The lowest BCUT2D eigenvalue weighted by atomic mass is 9.96. The van der Waals surface area contributed by atoms with E-state index < -0.39 is 5.82 Å². The highest BCUT2D eigenvalue weighted by molar-refractivity contribution is 6.06. The Kier molecular flexibility index (Phi) is 6.18. The third-order valence-electron chi connectivity index (χ3n) is 5.51. The number of hydrogen-bond donors (Lipinski definition) is 1. The normalized spacial score (nSPS) is 11.5. The number of furan rings is 1. The van der Waals surface area contributed by atoms with Gasteiger partial charge in [-0.3, -0.25) is 4.79 Å². The van der Waals surface area contributed by atoms with Gasteiger partial charge in [-0.2, -0.15) is 0 Å². The molecule has 0 aliphatic heterocycles. The second-order valence-electron chi connectivity index (χ2n) is 7.64. The highest BCUT2D eigenvalue weighted by Gasteiger charge is 2.20. The molecule has 1 amide bonds. The standard InChI is InChI=1S/C27H24FNO4/c1-16(12-25(30)29-19-9-7-8-18(28)13-19)21-14-22-23(20-10-5-6-11-24(20)31-3)15-33-27(22)17(2)26(21)32-4/h5-15H,1-4H3,(H,29,30)/b16-12+. The number of aryl methyl sites for hydroxylation is 1. The molecular formula is C27H24FNO4. The van der Waals surface area contributed by atoms with E-state index in [2.05, 4.69) is 5.32 Å². The van der Waals surface area contributed by atoms with Gasteiger partial charge in [-0.1, -0.05) is 24.3 Å². The van der Waals surface area contributed by atoms with Crippen LogP contribution < -0.4 is 14.8 Å². The highest BCUT2D eigenvalue weighted by Crippen LogP contribution is 2.42. The average Bonchev–Trinajstić information content (AvgIpc) is 3.23. The predicted octanol–water partition coefficient (Wildman–Crippen LogP) is 6.61. The van der Waals surface area contributed by atoms with Crippen molar-refractivity contribution in [2.75, 3.05) is 19.5 Å². The number of benzene rings is 3. The Morgan fingerprint density at radius 1 is 1.03 bits per heavy atom. The van der Waals surface area contributed by atoms with Crippen molar-refractivity contribution in [3.05, 3.63) is 83.9 Å². The number of halogens is 1. The fourth-order valence-electron chi connectivity index (χ4n) is 3.97. The number of rotatable bonds is 6. The van der Waals surface area contributed by atoms with Crippen molar-refractivity contribution < 1.29 is 23.1 Å². The van der Waals surface area contributed by atoms with Crippen molar-refractivity contribution in [3.63, 3.8) is 0 Å². The lowest BCUT2D eigenvalue weighted by molar-refractivity contribution is -0.111. The highest BCUT2D eigenvalue weighted by atomic mass is 19.1. The second-order valence-corrected chi connectivity index (χ2v) is 7.64. The minimum atomic E-state index is -0.417. The summed E-state index contributed by atoms with van der Waals surface area (Å²) in [5, 5.41) is 3.57. The first kappa shape index (κ1) is 22.1. The summed E-state index contributed by atoms with van der Waals surface area (Å²) in [6.07, 6.45) is 3.17. The largest absolute Gasteiger partial charge is 0.496 e. The van der Waals surface area contributed by atoms with Gasteiger partial charge >= 0.3 is 0 Å². The summed E-state index contributed by atoms with van der Waals surface area (Å²) < 4.78 is 30.6. The van der Waals surface area contributed by atoms with Crippen LogP contribution in [0.1, 0.15) is 18.1 Å². The van der Waals surface area contributed by atoms with E-state index in [1.54, 1.807) is 32.6 Å². The molecule has 6 heteroatoms. The molecule has 1 aromatic heterocycles. The van der Waals surface area contributed by atoms with Crippen LogP contribution in [0.25, 0.3) is 27.7 Å². The molecule has 0 unspecified atom stereocenters. The Labute approximate surface area is 191 Å². The number of fused-ring (bicyclic) bond motifs is 1. The Hall–Kier alpha value is -4.06. The van der Waals surface area contributed by atoms with Gasteiger partial charge in [0, 0.05) is 39.4 Å². The minimum Gasteiger partial charge on any atom is -0.496 e. The maximum atomic E-state index is 13.4. The van der Waals surface area contributed by atoms with E-state index in [1.165, 1.54) is 18.2 Å². The molecule has 0 aliphatic carbocycles. The SMILES string of the molecule is COc1ccccc1-c1coc2c(C)c(OC)c(/C(C)=C/C(=O)Nc3cccc(F)c3)cc12. The molecule has 5 nitrogen and oxygen atoms in total. The minimum absolute atomic E-state index is 0.366. The topological polar surface area (TPSA) is 60.7 Å². The van der Waals surface area contributed by atoms with Crippen LogP contribution >= 0.6 is 0 Å². The van der Waals surface area contributed by atoms with Crippen LogP contribution in [0, 0.1) is 12.7 Å². The summed E-state index contributed by atoms with van der Waals surface area (Å²) >= 11 is 0. The van der Waals surface area contributed by atoms with Gasteiger partial charge < -0.3 is 19.2 Å². The molecular weight excluding hydrogens is 421 g/mol. The summed E-state index contributed by atoms with van der Waals surface area (Å²) in [4.78, 5) is 12.6. The maximum Gasteiger partial charge on any atom is 0.248 e. The van der Waals surface area contributed by atoms with E-state index >= 15 is 0 Å². The van der Waals surface area contributed by atoms with Gasteiger partial charge in [-0.05, 0) is 49.8 Å². The molecule has 168 valence electrons. The molecule has 0 spiro atoms. The van der Waals surface area contributed by atoms with E-state index in [9.17, 15) is 9.18 Å². The molecule has 0 bridgehead atoms. The zero-order chi connectivity index (χ0) is 23.5. The lowest BCUT2D eigenvalue weighted by Crippen LogP contribution is -2.09. The van der Waals surface area contributed by atoms with E-state index in [0.717, 1.165) is 33.4 Å². The van der Waals surface area contributed by atoms with Gasteiger partial charge in [0.15, 0.2) is 0 Å². The number of carbonyl (C=O) groups is 1. The van der Waals surface area contributed by atoms with Crippen LogP contribution in [-0.4, -0.2) is 20.1 Å². The van der Waals surface area contributed by atoms with Gasteiger partial charge in [0.1, 0.15) is 22.9 Å². The molecule has 1 heterocycles. The van der Waals surface area contributed by atoms with Gasteiger partial charge in [-0.15, -0.1) is 0 Å². The van der Waals surface area contributed by atoms with Crippen LogP contribution in [0.2, 0.25) is 0 Å². The number of ether oxygens (including phenoxy) is 2. The molecule has 4 aromatic rings. The Bertz CT molecular complexity index is 1370. The van der Waals surface area contributed by atoms with Crippen molar-refractivity contribution in [1.29, 1.82) is 0 Å². The lowest BCUT2D eigenvalue weighted by Gasteiger charge is -2.14. The van der Waals surface area contributed by atoms with Crippen LogP contribution in [0.4, 0.5) is 10.1 Å². The zero-order valence-electron chi connectivity index (χ0n) is 18.9. The number of para-hydroxylation sites is 1. The summed E-state index contributed by atoms with van der Waals surface area (Å²) in [6.45, 7) is 3.75. The van der Waals surface area contributed by atoms with Gasteiger partial charge in [0.2, 0.25) is 5.91 Å². The van der Waals surface area contributed by atoms with Crippen molar-refractivity contribution in [3.8, 4) is 22.6 Å². The van der Waals surface area contributed by atoms with Crippen molar-refractivity contribution >= 4 is 28.1 Å². The maximum absolute atomic E-state index is 13.4. The molecule has 0 atom stereocenters. The fraction of sp³-hybridized carbons (Fsp3) is 0.148. The predicted molar refractivity (Wildman–Crippen MR) is 128 cm³/mol. The number of allylic oxidation sites excluding steroid dienone is 1. The number of nitrogens with one attached hydrogen (secondary N) is 1. The van der Waals surface area contributed by atoms with E-state index in [4.69, 9.17) is 13.9 Å². The number of methoxy groups -OCH3 is 2. The first-order chi connectivity index (χ1) is 15.9. The molecule has 3 aromatic carbocycles. The van der Waals surface area contributed by atoms with Crippen LogP contribution in [0.5, 0.6) is 11.5 Å². The molecule has 1 N–H and O–H groups in total. The number of carbonyl (C=O) groups excluding carboxylic acids is 1. The molecule has 0 saturated heterocycles. The smallest absolute Gasteiger partial charge is 0.248 e. The molecule has 0 fully saturated rings. The number of amides is 1. The Morgan fingerprint density at radius 3 is 2.55 bits per heavy atom. The second kappa shape index (κ2) is 9.20. The zero-order valence-corrected chi connectivity index (χ0v) is 18.9. The monoisotopic (exact) mass is 445 g/mol. The van der Waals surface area contributed by atoms with Crippen LogP contribution in [-0.2, 0) is 4.79 Å². The third kappa shape index (κ3) is 4.32. The van der Waals surface area contributed by atoms with Crippen LogP contribution in [0.3, 0.4) is 0 Å². The first-order valence-corrected chi connectivity index (χ1v) is 10.4. The molecule has 0 radical (unpaired) electrons. The van der Waals surface area contributed by atoms with Gasteiger partial charge in [0.05, 0.1) is 20.5 Å². The van der Waals surface area contributed by atoms with E-state index in [1.807, 2.05) is 44.2 Å². The van der Waals surface area contributed by atoms with Crippen molar-refractivity contribution in [1.82, 2.24) is 0 Å². The molecule has 0 aliphatic rings. The van der Waals surface area contributed by atoms with Gasteiger partial charge in [-0.25, -0.2) is 4.39 Å². The van der Waals surface area contributed by atoms with E-state index in [-0.39, 0.29) is 5.91 Å². The third-order valence-corrected chi connectivity index (χ3v) is 5.51. The van der Waals surface area contributed by atoms with Crippen molar-refractivity contribution in [2.24, 2.45) is 0 Å². The quantitative estimate of drug-likeness (QED) is 0.339. The number of hydrogen-bond acceptors (Lipinski definition) is 4. The average molecular weight is 445 g/mol. The number of anilines is 1. The van der Waals surface area contributed by atoms with Gasteiger partial charge in [0.25, 0.3) is 0 Å². The fourth-order valence-corrected chi connectivity index (χ4v) is 3.97. The van der Waals surface area contributed by atoms with Crippen LogP contribution in [0.15, 0.2) is 71.4 Å². The summed E-state index contributed by atoms with van der Waals surface area (Å²) in [5.41, 5.74) is 5.15. The first-order valence-electron chi connectivity index (χ1n) is 10.4. The summed E-state index contributed by atoms with van der Waals surface area (Å²) in [6, 6.07) is 15.4. The molecule has 33 heavy (non-hydrogen) atoms. The Morgan fingerprint density at radius 2 is 1.82 bits per heavy atom. The molecule has 0 saturated carbocycles.